The number of carbonyl (C=O) groups is 1. The van der Waals surface area contributed by atoms with Crippen molar-refractivity contribution in [3.05, 3.63) is 42.5 Å². The van der Waals surface area contributed by atoms with Crippen molar-refractivity contribution in [2.75, 3.05) is 32.6 Å². The molecule has 168 valence electrons. The summed E-state index contributed by atoms with van der Waals surface area (Å²) in [5.41, 5.74) is 0.282. The molecule has 1 atom stereocenters. The minimum Gasteiger partial charge on any atom is -0.497 e. The number of ether oxygens (including phenoxy) is 3. The Labute approximate surface area is 183 Å². The van der Waals surface area contributed by atoms with Crippen LogP contribution in [-0.4, -0.2) is 52.0 Å². The molecule has 0 bridgehead atoms. The fourth-order valence-corrected chi connectivity index (χ4v) is 4.92. The third-order valence-electron chi connectivity index (χ3n) is 5.13. The Hall–Kier alpha value is -2.78. The Morgan fingerprint density at radius 2 is 1.68 bits per heavy atom. The van der Waals surface area contributed by atoms with E-state index in [2.05, 4.69) is 5.32 Å². The molecular weight excluding hydrogens is 420 g/mol. The van der Waals surface area contributed by atoms with Gasteiger partial charge in [0.2, 0.25) is 10.0 Å². The van der Waals surface area contributed by atoms with Crippen LogP contribution in [-0.2, 0) is 14.8 Å². The molecule has 8 nitrogen and oxygen atoms in total. The molecule has 1 aliphatic heterocycles. The van der Waals surface area contributed by atoms with Crippen LogP contribution in [0.15, 0.2) is 47.4 Å². The van der Waals surface area contributed by atoms with Gasteiger partial charge in [-0.1, -0.05) is 6.92 Å². The van der Waals surface area contributed by atoms with Crippen LogP contribution in [0, 0.1) is 0 Å². The second-order valence-electron chi connectivity index (χ2n) is 7.15. The molecule has 1 aliphatic rings. The summed E-state index contributed by atoms with van der Waals surface area (Å²) in [6.07, 6.45) is 1.35. The predicted octanol–water partition coefficient (Wildman–Crippen LogP) is 3.28. The van der Waals surface area contributed by atoms with Gasteiger partial charge in [-0.25, -0.2) is 8.42 Å². The van der Waals surface area contributed by atoms with Gasteiger partial charge in [-0.15, -0.1) is 0 Å². The molecular formula is C22H28N2O6S. The van der Waals surface area contributed by atoms with Crippen LogP contribution in [0.5, 0.6) is 17.2 Å². The highest BCUT2D eigenvalue weighted by Gasteiger charge is 2.28. The van der Waals surface area contributed by atoms with Gasteiger partial charge in [-0.2, -0.15) is 4.31 Å². The molecule has 0 saturated carbocycles. The molecule has 0 aliphatic carbocycles. The van der Waals surface area contributed by atoms with Gasteiger partial charge in [0.05, 0.1) is 24.8 Å². The van der Waals surface area contributed by atoms with Gasteiger partial charge in [-0.05, 0) is 61.7 Å². The number of hydrogen-bond acceptors (Lipinski definition) is 6. The molecule has 0 spiro atoms. The molecule has 3 rings (SSSR count). The smallest absolute Gasteiger partial charge is 0.265 e. The van der Waals surface area contributed by atoms with Crippen molar-refractivity contribution in [3.8, 4) is 17.2 Å². The zero-order chi connectivity index (χ0) is 22.4. The van der Waals surface area contributed by atoms with Crippen molar-refractivity contribution in [2.45, 2.75) is 37.2 Å². The maximum atomic E-state index is 12.9. The van der Waals surface area contributed by atoms with Crippen LogP contribution in [0.3, 0.4) is 0 Å². The summed E-state index contributed by atoms with van der Waals surface area (Å²) in [5.74, 6) is 1.19. The fourth-order valence-electron chi connectivity index (χ4n) is 3.38. The lowest BCUT2D eigenvalue weighted by Gasteiger charge is -2.20. The predicted molar refractivity (Wildman–Crippen MR) is 117 cm³/mol. The van der Waals surface area contributed by atoms with Crippen LogP contribution in [0.1, 0.15) is 26.2 Å². The highest BCUT2D eigenvalue weighted by atomic mass is 32.2. The number of amides is 1. The first-order valence-corrected chi connectivity index (χ1v) is 11.6. The molecule has 0 unspecified atom stereocenters. The second-order valence-corrected chi connectivity index (χ2v) is 9.09. The Morgan fingerprint density at radius 1 is 1.03 bits per heavy atom. The first-order valence-electron chi connectivity index (χ1n) is 10.2. The molecule has 31 heavy (non-hydrogen) atoms. The monoisotopic (exact) mass is 448 g/mol. The highest BCUT2D eigenvalue weighted by Crippen LogP contribution is 2.30. The van der Waals surface area contributed by atoms with E-state index in [0.29, 0.717) is 36.8 Å². The summed E-state index contributed by atoms with van der Waals surface area (Å²) in [4.78, 5) is 13.0. The van der Waals surface area contributed by atoms with Crippen molar-refractivity contribution in [3.63, 3.8) is 0 Å². The van der Waals surface area contributed by atoms with E-state index in [1.165, 1.54) is 23.5 Å². The Morgan fingerprint density at radius 3 is 2.26 bits per heavy atom. The van der Waals surface area contributed by atoms with Crippen LogP contribution in [0.25, 0.3) is 0 Å². The molecule has 1 saturated heterocycles. The third kappa shape index (κ3) is 5.29. The van der Waals surface area contributed by atoms with Gasteiger partial charge in [0.25, 0.3) is 5.91 Å². The molecule has 1 fully saturated rings. The standard InChI is InChI=1S/C22H28N2O6S/c1-4-20(30-17-9-7-16(28-2)8-10-17)22(25)23-19-15-18(11-12-21(19)29-3)31(26,27)24-13-5-6-14-24/h7-12,15,20H,4-6,13-14H2,1-3H3,(H,23,25)/t20-/m1/s1. The lowest BCUT2D eigenvalue weighted by molar-refractivity contribution is -0.122. The number of hydrogen-bond donors (Lipinski definition) is 1. The van der Waals surface area contributed by atoms with E-state index in [0.717, 1.165) is 12.8 Å². The molecule has 1 heterocycles. The number of methoxy groups -OCH3 is 2. The normalized spacial score (nSPS) is 15.3. The number of anilines is 1. The summed E-state index contributed by atoms with van der Waals surface area (Å²) in [6, 6.07) is 11.4. The summed E-state index contributed by atoms with van der Waals surface area (Å²) in [7, 11) is -0.584. The zero-order valence-corrected chi connectivity index (χ0v) is 18.8. The minimum absolute atomic E-state index is 0.120. The molecule has 0 radical (unpaired) electrons. The van der Waals surface area contributed by atoms with E-state index in [1.807, 2.05) is 6.92 Å². The Balaban J connectivity index is 1.79. The average molecular weight is 449 g/mol. The van der Waals surface area contributed by atoms with Crippen molar-refractivity contribution in [1.29, 1.82) is 0 Å². The van der Waals surface area contributed by atoms with Gasteiger partial charge < -0.3 is 19.5 Å². The van der Waals surface area contributed by atoms with Crippen molar-refractivity contribution in [2.24, 2.45) is 0 Å². The second kappa shape index (κ2) is 10.0. The van der Waals surface area contributed by atoms with E-state index < -0.39 is 22.0 Å². The quantitative estimate of drug-likeness (QED) is 0.633. The van der Waals surface area contributed by atoms with Crippen LogP contribution in [0.2, 0.25) is 0 Å². The van der Waals surface area contributed by atoms with Gasteiger partial charge in [0.15, 0.2) is 6.10 Å². The van der Waals surface area contributed by atoms with Gasteiger partial charge >= 0.3 is 0 Å². The topological polar surface area (TPSA) is 94.2 Å². The Kier molecular flexibility index (Phi) is 7.40. The van der Waals surface area contributed by atoms with Crippen LogP contribution >= 0.6 is 0 Å². The number of benzene rings is 2. The molecule has 0 aromatic heterocycles. The van der Waals surface area contributed by atoms with Gasteiger partial charge in [0, 0.05) is 13.1 Å². The van der Waals surface area contributed by atoms with Crippen molar-refractivity contribution >= 4 is 21.6 Å². The third-order valence-corrected chi connectivity index (χ3v) is 7.03. The van der Waals surface area contributed by atoms with E-state index >= 15 is 0 Å². The molecule has 2 aromatic carbocycles. The fraction of sp³-hybridized carbons (Fsp3) is 0.409. The van der Waals surface area contributed by atoms with Crippen molar-refractivity contribution < 1.29 is 27.4 Å². The SMILES string of the molecule is CC[C@@H](Oc1ccc(OC)cc1)C(=O)Nc1cc(S(=O)(=O)N2CCCC2)ccc1OC. The number of nitrogens with zero attached hydrogens (tertiary/aromatic N) is 1. The first-order chi connectivity index (χ1) is 14.9. The number of carbonyl (C=O) groups excluding carboxylic acids is 1. The number of nitrogens with one attached hydrogen (secondary N) is 1. The Bertz CT molecular complexity index is 1000. The van der Waals surface area contributed by atoms with E-state index in [1.54, 1.807) is 37.4 Å². The summed E-state index contributed by atoms with van der Waals surface area (Å²) >= 11 is 0. The van der Waals surface area contributed by atoms with Gasteiger partial charge in [0.1, 0.15) is 17.2 Å². The molecule has 9 heteroatoms. The average Bonchev–Trinajstić information content (AvgIpc) is 3.33. The van der Waals surface area contributed by atoms with E-state index in [4.69, 9.17) is 14.2 Å². The van der Waals surface area contributed by atoms with Crippen LogP contribution in [0.4, 0.5) is 5.69 Å². The maximum absolute atomic E-state index is 12.9. The molecule has 1 N–H and O–H groups in total. The summed E-state index contributed by atoms with van der Waals surface area (Å²) in [6.45, 7) is 2.84. The molecule has 2 aromatic rings. The minimum atomic E-state index is -3.62. The lowest BCUT2D eigenvalue weighted by Crippen LogP contribution is -2.32. The van der Waals surface area contributed by atoms with E-state index in [-0.39, 0.29) is 10.6 Å². The largest absolute Gasteiger partial charge is 0.497 e. The van der Waals surface area contributed by atoms with E-state index in [9.17, 15) is 13.2 Å². The number of rotatable bonds is 9. The number of sulfonamides is 1. The maximum Gasteiger partial charge on any atom is 0.265 e. The lowest BCUT2D eigenvalue weighted by atomic mass is 10.2. The molecule has 1 amide bonds. The summed E-state index contributed by atoms with van der Waals surface area (Å²) in [5, 5.41) is 2.76. The summed E-state index contributed by atoms with van der Waals surface area (Å²) < 4.78 is 43.5. The zero-order valence-electron chi connectivity index (χ0n) is 18.0. The highest BCUT2D eigenvalue weighted by molar-refractivity contribution is 7.89. The van der Waals surface area contributed by atoms with Gasteiger partial charge in [-0.3, -0.25) is 4.79 Å². The first kappa shape index (κ1) is 22.9. The van der Waals surface area contributed by atoms with Crippen molar-refractivity contribution in [1.82, 2.24) is 4.31 Å². The van der Waals surface area contributed by atoms with Crippen LogP contribution < -0.4 is 19.5 Å².